The lowest BCUT2D eigenvalue weighted by Gasteiger charge is -2.25. The van der Waals surface area contributed by atoms with Crippen molar-refractivity contribution in [3.05, 3.63) is 24.3 Å². The van der Waals surface area contributed by atoms with E-state index in [1.807, 2.05) is 27.7 Å². The molecule has 0 saturated heterocycles. The summed E-state index contributed by atoms with van der Waals surface area (Å²) in [7, 11) is -1.88. The minimum Gasteiger partial charge on any atom is -0.497 e. The molecular formula is C15H25NO3S. The SMILES string of the molecule is COc1ccc(S(=O)(=O)N(CC(C)C)CC(C)C)cc1. The smallest absolute Gasteiger partial charge is 0.243 e. The van der Waals surface area contributed by atoms with E-state index in [4.69, 9.17) is 4.74 Å². The average molecular weight is 299 g/mol. The van der Waals surface area contributed by atoms with Gasteiger partial charge >= 0.3 is 0 Å². The summed E-state index contributed by atoms with van der Waals surface area (Å²) in [5, 5.41) is 0. The Balaban J connectivity index is 3.07. The van der Waals surface area contributed by atoms with E-state index in [9.17, 15) is 8.42 Å². The minimum atomic E-state index is -3.44. The van der Waals surface area contributed by atoms with Gasteiger partial charge in [-0.25, -0.2) is 8.42 Å². The van der Waals surface area contributed by atoms with Crippen LogP contribution in [0.1, 0.15) is 27.7 Å². The molecule has 0 radical (unpaired) electrons. The zero-order valence-electron chi connectivity index (χ0n) is 13.0. The standard InChI is InChI=1S/C15H25NO3S/c1-12(2)10-16(11-13(3)4)20(17,18)15-8-6-14(19-5)7-9-15/h6-9,12-13H,10-11H2,1-5H3. The van der Waals surface area contributed by atoms with Gasteiger partial charge in [0.2, 0.25) is 10.0 Å². The maximum atomic E-state index is 12.7. The molecule has 0 aromatic heterocycles. The predicted molar refractivity (Wildman–Crippen MR) is 81.4 cm³/mol. The summed E-state index contributed by atoms with van der Waals surface area (Å²) in [6, 6.07) is 6.55. The lowest BCUT2D eigenvalue weighted by Crippen LogP contribution is -2.36. The van der Waals surface area contributed by atoms with Crippen molar-refractivity contribution in [3.63, 3.8) is 0 Å². The summed E-state index contributed by atoms with van der Waals surface area (Å²) in [6.07, 6.45) is 0. The van der Waals surface area contributed by atoms with Crippen LogP contribution in [-0.2, 0) is 10.0 Å². The molecule has 5 heteroatoms. The Morgan fingerprint density at radius 1 is 1.00 bits per heavy atom. The van der Waals surface area contributed by atoms with Crippen LogP contribution in [0.4, 0.5) is 0 Å². The lowest BCUT2D eigenvalue weighted by atomic mass is 10.2. The van der Waals surface area contributed by atoms with E-state index in [1.54, 1.807) is 35.7 Å². The number of nitrogens with zero attached hydrogens (tertiary/aromatic N) is 1. The number of ether oxygens (including phenoxy) is 1. The average Bonchev–Trinajstić information content (AvgIpc) is 2.37. The fraction of sp³-hybridized carbons (Fsp3) is 0.600. The molecule has 0 fully saturated rings. The summed E-state index contributed by atoms with van der Waals surface area (Å²) < 4.78 is 32.0. The number of sulfonamides is 1. The quantitative estimate of drug-likeness (QED) is 0.777. The first-order valence-corrected chi connectivity index (χ1v) is 8.35. The maximum absolute atomic E-state index is 12.7. The van der Waals surface area contributed by atoms with Crippen molar-refractivity contribution < 1.29 is 13.2 Å². The van der Waals surface area contributed by atoms with Gasteiger partial charge in [-0.05, 0) is 36.1 Å². The first-order chi connectivity index (χ1) is 9.27. The fourth-order valence-electron chi connectivity index (χ4n) is 1.98. The molecule has 0 atom stereocenters. The molecule has 0 amide bonds. The van der Waals surface area contributed by atoms with Crippen LogP contribution in [-0.4, -0.2) is 32.9 Å². The van der Waals surface area contributed by atoms with Crippen molar-refractivity contribution >= 4 is 10.0 Å². The van der Waals surface area contributed by atoms with Gasteiger partial charge in [-0.3, -0.25) is 0 Å². The predicted octanol–water partition coefficient (Wildman–Crippen LogP) is 3.00. The largest absolute Gasteiger partial charge is 0.497 e. The molecule has 0 aliphatic heterocycles. The Labute approximate surface area is 122 Å². The fourth-order valence-corrected chi connectivity index (χ4v) is 3.75. The van der Waals surface area contributed by atoms with Gasteiger partial charge in [0.05, 0.1) is 12.0 Å². The van der Waals surface area contributed by atoms with Crippen molar-refractivity contribution in [1.29, 1.82) is 0 Å². The molecule has 0 unspecified atom stereocenters. The second-order valence-corrected chi connectivity index (χ2v) is 7.72. The zero-order valence-corrected chi connectivity index (χ0v) is 13.8. The van der Waals surface area contributed by atoms with Gasteiger partial charge in [0.15, 0.2) is 0 Å². The molecular weight excluding hydrogens is 274 g/mol. The molecule has 4 nitrogen and oxygen atoms in total. The van der Waals surface area contributed by atoms with Gasteiger partial charge < -0.3 is 4.74 Å². The molecule has 0 spiro atoms. The van der Waals surface area contributed by atoms with Gasteiger partial charge in [-0.1, -0.05) is 27.7 Å². The van der Waals surface area contributed by atoms with Crippen LogP contribution in [0.3, 0.4) is 0 Å². The van der Waals surface area contributed by atoms with E-state index >= 15 is 0 Å². The van der Waals surface area contributed by atoms with Gasteiger partial charge in [0, 0.05) is 13.1 Å². The van der Waals surface area contributed by atoms with Crippen LogP contribution in [0, 0.1) is 11.8 Å². The van der Waals surface area contributed by atoms with E-state index in [1.165, 1.54) is 0 Å². The second-order valence-electron chi connectivity index (χ2n) is 5.79. The monoisotopic (exact) mass is 299 g/mol. The van der Waals surface area contributed by atoms with E-state index < -0.39 is 10.0 Å². The molecule has 0 aliphatic rings. The minimum absolute atomic E-state index is 0.293. The van der Waals surface area contributed by atoms with Gasteiger partial charge in [0.1, 0.15) is 5.75 Å². The van der Waals surface area contributed by atoms with Gasteiger partial charge in [-0.2, -0.15) is 4.31 Å². The molecule has 0 aliphatic carbocycles. The number of methoxy groups -OCH3 is 1. The number of rotatable bonds is 7. The van der Waals surface area contributed by atoms with Crippen molar-refractivity contribution in [2.75, 3.05) is 20.2 Å². The molecule has 20 heavy (non-hydrogen) atoms. The molecule has 0 saturated carbocycles. The third-order valence-electron chi connectivity index (χ3n) is 2.83. The molecule has 0 bridgehead atoms. The van der Waals surface area contributed by atoms with Crippen molar-refractivity contribution in [3.8, 4) is 5.75 Å². The second kappa shape index (κ2) is 7.09. The number of hydrogen-bond donors (Lipinski definition) is 0. The van der Waals surface area contributed by atoms with Crippen LogP contribution in [0.25, 0.3) is 0 Å². The highest BCUT2D eigenvalue weighted by Crippen LogP contribution is 2.21. The van der Waals surface area contributed by atoms with E-state index in [-0.39, 0.29) is 0 Å². The Hall–Kier alpha value is -1.07. The summed E-state index contributed by atoms with van der Waals surface area (Å²) in [6.45, 7) is 9.17. The Kier molecular flexibility index (Phi) is 6.02. The number of hydrogen-bond acceptors (Lipinski definition) is 3. The van der Waals surface area contributed by atoms with Crippen molar-refractivity contribution in [2.24, 2.45) is 11.8 Å². The highest BCUT2D eigenvalue weighted by atomic mass is 32.2. The summed E-state index contributed by atoms with van der Waals surface area (Å²) in [4.78, 5) is 0.319. The van der Waals surface area contributed by atoms with Crippen LogP contribution >= 0.6 is 0 Å². The first-order valence-electron chi connectivity index (χ1n) is 6.91. The Bertz CT molecular complexity index is 496. The summed E-state index contributed by atoms with van der Waals surface area (Å²) in [5.74, 6) is 1.24. The first kappa shape index (κ1) is 17.0. The normalized spacial score (nSPS) is 12.4. The van der Waals surface area contributed by atoms with E-state index in [2.05, 4.69) is 0 Å². The van der Waals surface area contributed by atoms with E-state index in [0.29, 0.717) is 35.6 Å². The Morgan fingerprint density at radius 2 is 1.45 bits per heavy atom. The highest BCUT2D eigenvalue weighted by molar-refractivity contribution is 7.89. The van der Waals surface area contributed by atoms with Gasteiger partial charge in [-0.15, -0.1) is 0 Å². The lowest BCUT2D eigenvalue weighted by molar-refractivity contribution is 0.333. The molecule has 1 aromatic carbocycles. The third-order valence-corrected chi connectivity index (χ3v) is 4.68. The van der Waals surface area contributed by atoms with Crippen LogP contribution in [0.5, 0.6) is 5.75 Å². The van der Waals surface area contributed by atoms with Crippen LogP contribution in [0.2, 0.25) is 0 Å². The van der Waals surface area contributed by atoms with E-state index in [0.717, 1.165) is 0 Å². The molecule has 114 valence electrons. The Morgan fingerprint density at radius 3 is 1.80 bits per heavy atom. The molecule has 0 N–H and O–H groups in total. The third kappa shape index (κ3) is 4.49. The zero-order chi connectivity index (χ0) is 15.3. The molecule has 1 rings (SSSR count). The van der Waals surface area contributed by atoms with Crippen LogP contribution in [0.15, 0.2) is 29.2 Å². The molecule has 1 aromatic rings. The topological polar surface area (TPSA) is 46.6 Å². The number of benzene rings is 1. The molecule has 0 heterocycles. The summed E-state index contributed by atoms with van der Waals surface area (Å²) >= 11 is 0. The van der Waals surface area contributed by atoms with Gasteiger partial charge in [0.25, 0.3) is 0 Å². The summed E-state index contributed by atoms with van der Waals surface area (Å²) in [5.41, 5.74) is 0. The van der Waals surface area contributed by atoms with Crippen LogP contribution < -0.4 is 4.74 Å². The maximum Gasteiger partial charge on any atom is 0.243 e. The van der Waals surface area contributed by atoms with Crippen molar-refractivity contribution in [2.45, 2.75) is 32.6 Å². The van der Waals surface area contributed by atoms with Crippen molar-refractivity contribution in [1.82, 2.24) is 4.31 Å². The highest BCUT2D eigenvalue weighted by Gasteiger charge is 2.25.